The van der Waals surface area contributed by atoms with Crippen LogP contribution >= 0.6 is 0 Å². The first kappa shape index (κ1) is 17.7. The fourth-order valence-corrected chi connectivity index (χ4v) is 3.38. The molecule has 0 radical (unpaired) electrons. The molecule has 2 atom stereocenters. The van der Waals surface area contributed by atoms with E-state index in [1.54, 1.807) is 0 Å². The molecule has 0 spiro atoms. The molecule has 9 heteroatoms. The first-order valence-electron chi connectivity index (χ1n) is 8.71. The minimum atomic E-state index is -4.55. The molecular formula is C18H18F3N5O. The molecule has 1 aliphatic heterocycles. The van der Waals surface area contributed by atoms with Crippen LogP contribution in [0.4, 0.5) is 19.0 Å². The number of ether oxygens (including phenoxy) is 1. The highest BCUT2D eigenvalue weighted by Gasteiger charge is 2.34. The second kappa shape index (κ2) is 7.15. The van der Waals surface area contributed by atoms with E-state index in [-0.39, 0.29) is 23.6 Å². The molecule has 1 N–H and O–H groups in total. The number of nitrogens with one attached hydrogen (secondary N) is 1. The highest BCUT2D eigenvalue weighted by molar-refractivity contribution is 5.45. The summed E-state index contributed by atoms with van der Waals surface area (Å²) in [4.78, 5) is 7.31. The first-order chi connectivity index (χ1) is 13.0. The predicted molar refractivity (Wildman–Crippen MR) is 92.1 cm³/mol. The zero-order valence-electron chi connectivity index (χ0n) is 14.4. The molecule has 1 aromatic carbocycles. The Labute approximate surface area is 153 Å². The van der Waals surface area contributed by atoms with Gasteiger partial charge in [0.2, 0.25) is 0 Å². The Bertz CT molecular complexity index is 912. The van der Waals surface area contributed by atoms with Crippen molar-refractivity contribution < 1.29 is 17.9 Å². The highest BCUT2D eigenvalue weighted by atomic mass is 19.4. The van der Waals surface area contributed by atoms with Gasteiger partial charge in [0.15, 0.2) is 5.69 Å². The maximum atomic E-state index is 13.1. The molecule has 2 unspecified atom stereocenters. The Morgan fingerprint density at radius 3 is 2.81 bits per heavy atom. The van der Waals surface area contributed by atoms with Crippen LogP contribution in [0, 0.1) is 5.92 Å². The monoisotopic (exact) mass is 377 g/mol. The van der Waals surface area contributed by atoms with E-state index >= 15 is 0 Å². The Morgan fingerprint density at radius 1 is 1.22 bits per heavy atom. The standard InChI is InChI=1S/C18H18F3N5O/c19-18(20,21)14-9-15(26-17(25-14)23-11-24-26)22-10-13-7-4-8-27-16(13)12-5-2-1-3-6-12/h1-3,5-6,9,11,13,16,22H,4,7-8,10H2. The third kappa shape index (κ3) is 3.73. The second-order valence-electron chi connectivity index (χ2n) is 6.48. The molecule has 3 aromatic rings. The summed E-state index contributed by atoms with van der Waals surface area (Å²) in [7, 11) is 0. The number of aromatic nitrogens is 4. The van der Waals surface area contributed by atoms with Crippen molar-refractivity contribution in [2.75, 3.05) is 18.5 Å². The van der Waals surface area contributed by atoms with Gasteiger partial charge in [-0.3, -0.25) is 0 Å². The lowest BCUT2D eigenvalue weighted by Gasteiger charge is -2.32. The van der Waals surface area contributed by atoms with Crippen LogP contribution in [0.1, 0.15) is 30.2 Å². The number of nitrogens with zero attached hydrogens (tertiary/aromatic N) is 4. The number of alkyl halides is 3. The van der Waals surface area contributed by atoms with Crippen LogP contribution in [-0.2, 0) is 10.9 Å². The van der Waals surface area contributed by atoms with Gasteiger partial charge in [-0.05, 0) is 18.4 Å². The molecular weight excluding hydrogens is 359 g/mol. The van der Waals surface area contributed by atoms with Gasteiger partial charge >= 0.3 is 6.18 Å². The van der Waals surface area contributed by atoms with Crippen LogP contribution < -0.4 is 5.32 Å². The molecule has 1 aliphatic rings. The maximum absolute atomic E-state index is 13.1. The Morgan fingerprint density at radius 2 is 2.04 bits per heavy atom. The molecule has 4 rings (SSSR count). The van der Waals surface area contributed by atoms with Gasteiger partial charge in [0, 0.05) is 25.1 Å². The summed E-state index contributed by atoms with van der Waals surface area (Å²) in [5.41, 5.74) is 0.0746. The summed E-state index contributed by atoms with van der Waals surface area (Å²) in [6.07, 6.45) is -1.62. The fraction of sp³-hybridized carbons (Fsp3) is 0.389. The first-order valence-corrected chi connectivity index (χ1v) is 8.71. The van der Waals surface area contributed by atoms with Gasteiger partial charge in [-0.1, -0.05) is 30.3 Å². The molecule has 0 saturated carbocycles. The van der Waals surface area contributed by atoms with Crippen LogP contribution in [-0.4, -0.2) is 32.7 Å². The quantitative estimate of drug-likeness (QED) is 0.751. The van der Waals surface area contributed by atoms with Gasteiger partial charge < -0.3 is 10.1 Å². The number of anilines is 1. The second-order valence-corrected chi connectivity index (χ2v) is 6.48. The molecule has 1 fully saturated rings. The zero-order chi connectivity index (χ0) is 18.9. The van der Waals surface area contributed by atoms with Crippen molar-refractivity contribution >= 4 is 11.6 Å². The number of benzene rings is 1. The van der Waals surface area contributed by atoms with E-state index in [1.165, 1.54) is 10.8 Å². The molecule has 0 amide bonds. The number of hydrogen-bond acceptors (Lipinski definition) is 5. The van der Waals surface area contributed by atoms with Gasteiger partial charge in [0.25, 0.3) is 5.78 Å². The summed E-state index contributed by atoms with van der Waals surface area (Å²) >= 11 is 0. The van der Waals surface area contributed by atoms with Crippen LogP contribution in [0.15, 0.2) is 42.7 Å². The van der Waals surface area contributed by atoms with Crippen molar-refractivity contribution in [1.29, 1.82) is 0 Å². The zero-order valence-corrected chi connectivity index (χ0v) is 14.4. The summed E-state index contributed by atoms with van der Waals surface area (Å²) < 4.78 is 46.6. The molecule has 3 heterocycles. The van der Waals surface area contributed by atoms with E-state index < -0.39 is 11.9 Å². The highest BCUT2D eigenvalue weighted by Crippen LogP contribution is 2.34. The fourth-order valence-electron chi connectivity index (χ4n) is 3.38. The van der Waals surface area contributed by atoms with Gasteiger partial charge in [-0.15, -0.1) is 0 Å². The van der Waals surface area contributed by atoms with E-state index in [1.807, 2.05) is 30.3 Å². The van der Waals surface area contributed by atoms with Crippen molar-refractivity contribution in [1.82, 2.24) is 19.6 Å². The SMILES string of the molecule is FC(F)(F)c1cc(NCC2CCCOC2c2ccccc2)n2ncnc2n1. The van der Waals surface area contributed by atoms with Gasteiger partial charge in [0.05, 0.1) is 6.10 Å². The van der Waals surface area contributed by atoms with Crippen molar-refractivity contribution in [3.8, 4) is 0 Å². The van der Waals surface area contributed by atoms with Crippen LogP contribution in [0.25, 0.3) is 5.78 Å². The van der Waals surface area contributed by atoms with Crippen molar-refractivity contribution in [2.24, 2.45) is 5.92 Å². The maximum Gasteiger partial charge on any atom is 0.433 e. The summed E-state index contributed by atoms with van der Waals surface area (Å²) in [5.74, 6) is 0.247. The van der Waals surface area contributed by atoms with Crippen LogP contribution in [0.2, 0.25) is 0 Å². The topological polar surface area (TPSA) is 64.3 Å². The minimum absolute atomic E-state index is 0.0909. The Hall–Kier alpha value is -2.68. The van der Waals surface area contributed by atoms with Gasteiger partial charge in [0.1, 0.15) is 12.1 Å². The summed E-state index contributed by atoms with van der Waals surface area (Å²) in [6, 6.07) is 10.8. The number of hydrogen-bond donors (Lipinski definition) is 1. The molecule has 27 heavy (non-hydrogen) atoms. The van der Waals surface area contributed by atoms with Gasteiger partial charge in [-0.2, -0.15) is 27.8 Å². The number of fused-ring (bicyclic) bond motifs is 1. The average molecular weight is 377 g/mol. The van der Waals surface area contributed by atoms with E-state index in [4.69, 9.17) is 4.74 Å². The molecule has 1 saturated heterocycles. The predicted octanol–water partition coefficient (Wildman–Crippen LogP) is 3.72. The third-order valence-corrected chi connectivity index (χ3v) is 4.66. The van der Waals surface area contributed by atoms with Crippen molar-refractivity contribution in [3.63, 3.8) is 0 Å². The summed E-state index contributed by atoms with van der Waals surface area (Å²) in [6.45, 7) is 1.13. The van der Waals surface area contributed by atoms with Crippen LogP contribution in [0.5, 0.6) is 0 Å². The Kier molecular flexibility index (Phi) is 4.69. The van der Waals surface area contributed by atoms with Crippen molar-refractivity contribution in [3.05, 3.63) is 54.0 Å². The lowest BCUT2D eigenvalue weighted by Crippen LogP contribution is -2.29. The summed E-state index contributed by atoms with van der Waals surface area (Å²) in [5, 5.41) is 7.06. The van der Waals surface area contributed by atoms with E-state index in [0.717, 1.165) is 24.5 Å². The van der Waals surface area contributed by atoms with E-state index in [2.05, 4.69) is 20.4 Å². The lowest BCUT2D eigenvalue weighted by molar-refractivity contribution is -0.141. The molecule has 0 bridgehead atoms. The normalized spacial score (nSPS) is 20.7. The van der Waals surface area contributed by atoms with Gasteiger partial charge in [-0.25, -0.2) is 4.98 Å². The largest absolute Gasteiger partial charge is 0.433 e. The van der Waals surface area contributed by atoms with E-state index in [9.17, 15) is 13.2 Å². The number of halogens is 3. The lowest BCUT2D eigenvalue weighted by atomic mass is 9.89. The minimum Gasteiger partial charge on any atom is -0.373 e. The van der Waals surface area contributed by atoms with E-state index in [0.29, 0.717) is 13.2 Å². The Balaban J connectivity index is 1.58. The smallest absolute Gasteiger partial charge is 0.373 e. The van der Waals surface area contributed by atoms with Crippen LogP contribution in [0.3, 0.4) is 0 Å². The average Bonchev–Trinajstić information content (AvgIpc) is 3.15. The molecule has 2 aromatic heterocycles. The molecule has 0 aliphatic carbocycles. The number of rotatable bonds is 4. The molecule has 6 nitrogen and oxygen atoms in total. The molecule has 142 valence electrons. The van der Waals surface area contributed by atoms with Crippen molar-refractivity contribution in [2.45, 2.75) is 25.1 Å². The third-order valence-electron chi connectivity index (χ3n) is 4.66.